The van der Waals surface area contributed by atoms with Gasteiger partial charge in [0.1, 0.15) is 11.5 Å². The second-order valence-electron chi connectivity index (χ2n) is 12.0. The zero-order valence-corrected chi connectivity index (χ0v) is 29.1. The summed E-state index contributed by atoms with van der Waals surface area (Å²) in [6, 6.07) is 24.4. The molecule has 0 saturated heterocycles. The van der Waals surface area contributed by atoms with Crippen LogP contribution in [0, 0.1) is 37.5 Å². The van der Waals surface area contributed by atoms with E-state index in [1.807, 2.05) is 48.5 Å². The number of methoxy groups -OCH3 is 2. The average Bonchev–Trinajstić information content (AvgIpc) is 3.70. The molecule has 0 saturated carbocycles. The van der Waals surface area contributed by atoms with Gasteiger partial charge in [-0.25, -0.2) is 0 Å². The van der Waals surface area contributed by atoms with Crippen LogP contribution in [0.15, 0.2) is 84.9 Å². The maximum Gasteiger partial charge on any atom is 0.380 e. The molecule has 6 aromatic rings. The molecule has 1 aliphatic carbocycles. The maximum absolute atomic E-state index is 15.7. The molecular formula is C41H26F6O2S2. The lowest BCUT2D eigenvalue weighted by Crippen LogP contribution is -2.48. The number of allylic oxidation sites excluding steroid dienone is 2. The van der Waals surface area contributed by atoms with E-state index in [1.165, 1.54) is 26.0 Å². The molecule has 0 bridgehead atoms. The molecule has 0 radical (unpaired) electrons. The fourth-order valence-corrected chi connectivity index (χ4v) is 7.90. The third-order valence-electron chi connectivity index (χ3n) is 8.80. The van der Waals surface area contributed by atoms with Crippen LogP contribution in [0.1, 0.15) is 41.8 Å². The first-order valence-corrected chi connectivity index (χ1v) is 17.2. The van der Waals surface area contributed by atoms with Crippen LogP contribution >= 0.6 is 22.7 Å². The predicted octanol–water partition coefficient (Wildman–Crippen LogP) is 11.4. The van der Waals surface area contributed by atoms with Crippen molar-refractivity contribution in [1.29, 1.82) is 0 Å². The standard InChI is InChI=1S/C41H26F6O2S2/c1-23-35(21-33(50-23)15-7-25-5-9-29-19-31(48-3)13-11-27(29)17-25)37-38(40(44,45)41(46,47)39(37,42)43)36-22-34(51-24(36)2)16-8-26-6-10-30-20-32(49-4)14-12-28(30)18-26/h5-6,9-14,17-22H,1-4H3. The van der Waals surface area contributed by atoms with Gasteiger partial charge < -0.3 is 9.47 Å². The molecule has 0 fully saturated rings. The summed E-state index contributed by atoms with van der Waals surface area (Å²) in [5.74, 6) is -2.88. The van der Waals surface area contributed by atoms with Crippen LogP contribution in [0.4, 0.5) is 26.3 Å². The molecule has 4 aromatic carbocycles. The third kappa shape index (κ3) is 5.83. The zero-order chi connectivity index (χ0) is 36.3. The molecule has 10 heteroatoms. The van der Waals surface area contributed by atoms with Crippen molar-refractivity contribution in [1.82, 2.24) is 0 Å². The molecule has 256 valence electrons. The Bertz CT molecular complexity index is 2360. The highest BCUT2D eigenvalue weighted by atomic mass is 32.1. The predicted molar refractivity (Wildman–Crippen MR) is 193 cm³/mol. The first kappa shape index (κ1) is 34.3. The van der Waals surface area contributed by atoms with Gasteiger partial charge >= 0.3 is 17.8 Å². The Morgan fingerprint density at radius 3 is 1.25 bits per heavy atom. The second-order valence-corrected chi connectivity index (χ2v) is 14.5. The fourth-order valence-electron chi connectivity index (χ4n) is 6.14. The van der Waals surface area contributed by atoms with Crippen molar-refractivity contribution in [3.05, 3.63) is 127 Å². The van der Waals surface area contributed by atoms with E-state index in [4.69, 9.17) is 9.47 Å². The minimum absolute atomic E-state index is 0.160. The number of hydrogen-bond donors (Lipinski definition) is 0. The number of hydrogen-bond acceptors (Lipinski definition) is 4. The molecule has 0 amide bonds. The summed E-state index contributed by atoms with van der Waals surface area (Å²) < 4.78 is 103. The average molecular weight is 729 g/mol. The van der Waals surface area contributed by atoms with Gasteiger partial charge in [-0.15, -0.1) is 22.7 Å². The maximum atomic E-state index is 15.7. The van der Waals surface area contributed by atoms with Gasteiger partial charge in [0.05, 0.1) is 24.0 Å². The minimum atomic E-state index is -5.67. The van der Waals surface area contributed by atoms with Gasteiger partial charge in [0.25, 0.3) is 0 Å². The van der Waals surface area contributed by atoms with E-state index in [-0.39, 0.29) is 19.5 Å². The molecule has 2 heterocycles. The highest BCUT2D eigenvalue weighted by molar-refractivity contribution is 7.13. The van der Waals surface area contributed by atoms with Crippen LogP contribution in [0.2, 0.25) is 0 Å². The third-order valence-corrected chi connectivity index (χ3v) is 10.7. The van der Waals surface area contributed by atoms with E-state index < -0.39 is 40.0 Å². The Morgan fingerprint density at radius 1 is 0.490 bits per heavy atom. The Kier molecular flexibility index (Phi) is 8.45. The Morgan fingerprint density at radius 2 is 0.863 bits per heavy atom. The van der Waals surface area contributed by atoms with Gasteiger partial charge in [0.15, 0.2) is 0 Å². The van der Waals surface area contributed by atoms with Crippen LogP contribution in [0.25, 0.3) is 32.7 Å². The van der Waals surface area contributed by atoms with E-state index in [0.717, 1.165) is 44.2 Å². The highest BCUT2D eigenvalue weighted by Gasteiger charge is 2.80. The van der Waals surface area contributed by atoms with Crippen molar-refractivity contribution < 1.29 is 35.8 Å². The van der Waals surface area contributed by atoms with Gasteiger partial charge in [-0.05, 0) is 107 Å². The van der Waals surface area contributed by atoms with E-state index in [1.54, 1.807) is 38.5 Å². The number of alkyl halides is 6. The van der Waals surface area contributed by atoms with E-state index in [9.17, 15) is 0 Å². The first-order valence-electron chi connectivity index (χ1n) is 15.5. The Balaban J connectivity index is 1.28. The monoisotopic (exact) mass is 728 g/mol. The summed E-state index contributed by atoms with van der Waals surface area (Å²) in [7, 11) is 3.14. The number of ether oxygens (including phenoxy) is 2. The lowest BCUT2D eigenvalue weighted by Gasteiger charge is -2.25. The van der Waals surface area contributed by atoms with Gasteiger partial charge in [0, 0.05) is 32.0 Å². The number of fused-ring (bicyclic) bond motifs is 2. The van der Waals surface area contributed by atoms with Crippen molar-refractivity contribution in [3.63, 3.8) is 0 Å². The van der Waals surface area contributed by atoms with Crippen LogP contribution in [0.3, 0.4) is 0 Å². The van der Waals surface area contributed by atoms with Gasteiger partial charge in [-0.1, -0.05) is 47.9 Å². The molecule has 0 N–H and O–H groups in total. The lowest BCUT2D eigenvalue weighted by atomic mass is 9.95. The summed E-state index contributed by atoms with van der Waals surface area (Å²) in [5.41, 5.74) is -2.34. The van der Waals surface area contributed by atoms with Crippen LogP contribution in [0.5, 0.6) is 11.5 Å². The smallest absolute Gasteiger partial charge is 0.380 e. The first-order chi connectivity index (χ1) is 24.2. The van der Waals surface area contributed by atoms with Crippen molar-refractivity contribution in [2.75, 3.05) is 14.2 Å². The van der Waals surface area contributed by atoms with Gasteiger partial charge in [-0.3, -0.25) is 0 Å². The summed E-state index contributed by atoms with van der Waals surface area (Å²) in [5, 5.41) is 3.63. The van der Waals surface area contributed by atoms with Crippen molar-refractivity contribution in [2.45, 2.75) is 31.6 Å². The van der Waals surface area contributed by atoms with Crippen molar-refractivity contribution >= 4 is 55.4 Å². The van der Waals surface area contributed by atoms with Crippen LogP contribution in [-0.2, 0) is 0 Å². The number of aryl methyl sites for hydroxylation is 2. The Labute approximate surface area is 298 Å². The fraction of sp³-hybridized carbons (Fsp3) is 0.171. The molecule has 2 aromatic heterocycles. The minimum Gasteiger partial charge on any atom is -0.497 e. The molecule has 1 aliphatic rings. The summed E-state index contributed by atoms with van der Waals surface area (Å²) in [6.07, 6.45) is 0. The number of thiophene rings is 2. The number of benzene rings is 4. The van der Waals surface area contributed by atoms with Crippen molar-refractivity contribution in [3.8, 4) is 35.2 Å². The molecule has 51 heavy (non-hydrogen) atoms. The molecular weight excluding hydrogens is 703 g/mol. The highest BCUT2D eigenvalue weighted by Crippen LogP contribution is 2.65. The molecule has 2 nitrogen and oxygen atoms in total. The zero-order valence-electron chi connectivity index (χ0n) is 27.5. The quantitative estimate of drug-likeness (QED) is 0.133. The Hall–Kier alpha value is -5.16. The SMILES string of the molecule is COc1ccc2cc(C#Cc3cc(C4=C(c5cc(C#Cc6ccc7cc(OC)ccc7c6)sc5C)C(F)(F)C(F)(F)C4(F)F)c(C)s3)ccc2c1. The van der Waals surface area contributed by atoms with Gasteiger partial charge in [-0.2, -0.15) is 26.3 Å². The second kappa shape index (κ2) is 12.6. The normalized spacial score (nSPS) is 15.7. The molecule has 0 aliphatic heterocycles. The lowest BCUT2D eigenvalue weighted by molar-refractivity contribution is -0.254. The molecule has 0 atom stereocenters. The molecule has 7 rings (SSSR count). The summed E-state index contributed by atoms with van der Waals surface area (Å²) in [4.78, 5) is 0.849. The summed E-state index contributed by atoms with van der Waals surface area (Å²) >= 11 is 1.94. The van der Waals surface area contributed by atoms with Crippen molar-refractivity contribution in [2.24, 2.45) is 0 Å². The molecule has 0 unspecified atom stereocenters. The van der Waals surface area contributed by atoms with E-state index in [2.05, 4.69) is 23.7 Å². The van der Waals surface area contributed by atoms with Crippen LogP contribution in [-0.4, -0.2) is 32.0 Å². The largest absolute Gasteiger partial charge is 0.497 e. The van der Waals surface area contributed by atoms with E-state index >= 15 is 26.3 Å². The van der Waals surface area contributed by atoms with Crippen LogP contribution < -0.4 is 9.47 Å². The summed E-state index contributed by atoms with van der Waals surface area (Å²) in [6.45, 7) is 2.86. The number of rotatable bonds is 4. The number of halogens is 6. The molecule has 0 spiro atoms. The van der Waals surface area contributed by atoms with E-state index in [0.29, 0.717) is 22.6 Å². The topological polar surface area (TPSA) is 18.5 Å². The van der Waals surface area contributed by atoms with Gasteiger partial charge in [0.2, 0.25) is 0 Å².